The van der Waals surface area contributed by atoms with E-state index in [0.717, 1.165) is 17.0 Å². The third-order valence-corrected chi connectivity index (χ3v) is 4.78. The number of aryl methyl sites for hydroxylation is 1. The Bertz CT molecular complexity index is 701. The average molecular weight is 330 g/mol. The van der Waals surface area contributed by atoms with Gasteiger partial charge >= 0.3 is 0 Å². The number of rotatable bonds is 5. The Morgan fingerprint density at radius 3 is 2.83 bits per heavy atom. The monoisotopic (exact) mass is 330 g/mol. The van der Waals surface area contributed by atoms with Gasteiger partial charge in [-0.2, -0.15) is 0 Å². The molecule has 0 radical (unpaired) electrons. The molecule has 6 nitrogen and oxygen atoms in total. The summed E-state index contributed by atoms with van der Waals surface area (Å²) < 4.78 is 0. The van der Waals surface area contributed by atoms with Crippen molar-refractivity contribution >= 4 is 28.3 Å². The van der Waals surface area contributed by atoms with Gasteiger partial charge in [-0.3, -0.25) is 9.59 Å². The van der Waals surface area contributed by atoms with E-state index in [2.05, 4.69) is 15.5 Å². The van der Waals surface area contributed by atoms with E-state index < -0.39 is 0 Å². The molecule has 0 bridgehead atoms. The van der Waals surface area contributed by atoms with Gasteiger partial charge in [-0.1, -0.05) is 48.6 Å². The van der Waals surface area contributed by atoms with Crippen LogP contribution >= 0.6 is 11.3 Å². The van der Waals surface area contributed by atoms with Crippen molar-refractivity contribution in [1.82, 2.24) is 15.1 Å². The van der Waals surface area contributed by atoms with Crippen molar-refractivity contribution in [3.63, 3.8) is 0 Å². The molecule has 7 heteroatoms. The van der Waals surface area contributed by atoms with Crippen LogP contribution in [-0.2, 0) is 22.6 Å². The van der Waals surface area contributed by atoms with Crippen LogP contribution in [0.1, 0.15) is 23.9 Å². The maximum absolute atomic E-state index is 12.3. The Morgan fingerprint density at radius 1 is 1.35 bits per heavy atom. The van der Waals surface area contributed by atoms with Crippen LogP contribution in [0.15, 0.2) is 30.3 Å². The number of benzene rings is 1. The Balaban J connectivity index is 1.59. The van der Waals surface area contributed by atoms with E-state index in [4.69, 9.17) is 0 Å². The van der Waals surface area contributed by atoms with Crippen LogP contribution in [0.25, 0.3) is 0 Å². The highest BCUT2D eigenvalue weighted by atomic mass is 32.1. The number of nitrogens with one attached hydrogen (secondary N) is 1. The molecule has 0 spiro atoms. The van der Waals surface area contributed by atoms with Crippen molar-refractivity contribution in [2.45, 2.75) is 26.3 Å². The molecule has 1 aliphatic heterocycles. The van der Waals surface area contributed by atoms with E-state index in [1.54, 1.807) is 4.90 Å². The van der Waals surface area contributed by atoms with Gasteiger partial charge in [0.05, 0.1) is 5.92 Å². The largest absolute Gasteiger partial charge is 0.338 e. The molecule has 23 heavy (non-hydrogen) atoms. The van der Waals surface area contributed by atoms with Crippen LogP contribution in [-0.4, -0.2) is 33.5 Å². The molecule has 3 rings (SSSR count). The van der Waals surface area contributed by atoms with Crippen LogP contribution in [0.5, 0.6) is 0 Å². The molecular formula is C16H18N4O2S. The van der Waals surface area contributed by atoms with Gasteiger partial charge in [-0.25, -0.2) is 0 Å². The van der Waals surface area contributed by atoms with Gasteiger partial charge in [0.15, 0.2) is 0 Å². The molecular weight excluding hydrogens is 312 g/mol. The summed E-state index contributed by atoms with van der Waals surface area (Å²) in [5, 5.41) is 12.1. The first kappa shape index (κ1) is 15.6. The van der Waals surface area contributed by atoms with Crippen LogP contribution in [0.2, 0.25) is 0 Å². The first-order valence-corrected chi connectivity index (χ1v) is 8.42. The van der Waals surface area contributed by atoms with Gasteiger partial charge in [-0.05, 0) is 12.0 Å². The number of nitrogens with zero attached hydrogens (tertiary/aromatic N) is 3. The summed E-state index contributed by atoms with van der Waals surface area (Å²) >= 11 is 1.37. The van der Waals surface area contributed by atoms with E-state index in [9.17, 15) is 9.59 Å². The molecule has 0 saturated carbocycles. The summed E-state index contributed by atoms with van der Waals surface area (Å²) in [6, 6.07) is 9.79. The van der Waals surface area contributed by atoms with E-state index in [-0.39, 0.29) is 24.2 Å². The molecule has 2 amide bonds. The van der Waals surface area contributed by atoms with Crippen molar-refractivity contribution in [1.29, 1.82) is 0 Å². The van der Waals surface area contributed by atoms with Crippen molar-refractivity contribution in [2.75, 3.05) is 11.9 Å². The summed E-state index contributed by atoms with van der Waals surface area (Å²) in [7, 11) is 0. The van der Waals surface area contributed by atoms with Crippen molar-refractivity contribution in [3.8, 4) is 0 Å². The first-order valence-electron chi connectivity index (χ1n) is 7.60. The molecule has 1 aromatic heterocycles. The fourth-order valence-electron chi connectivity index (χ4n) is 2.56. The van der Waals surface area contributed by atoms with E-state index >= 15 is 0 Å². The lowest BCUT2D eigenvalue weighted by Gasteiger charge is -2.16. The lowest BCUT2D eigenvalue weighted by molar-refractivity contribution is -0.128. The normalized spacial score (nSPS) is 17.5. The quantitative estimate of drug-likeness (QED) is 0.911. The zero-order valence-corrected chi connectivity index (χ0v) is 13.7. The predicted molar refractivity (Wildman–Crippen MR) is 87.9 cm³/mol. The molecule has 1 N–H and O–H groups in total. The summed E-state index contributed by atoms with van der Waals surface area (Å²) in [4.78, 5) is 26.2. The van der Waals surface area contributed by atoms with Crippen molar-refractivity contribution < 1.29 is 9.59 Å². The van der Waals surface area contributed by atoms with E-state index in [1.165, 1.54) is 11.3 Å². The minimum absolute atomic E-state index is 0.0144. The molecule has 2 heterocycles. The fraction of sp³-hybridized carbons (Fsp3) is 0.375. The standard InChI is InChI=1S/C16H18N4O2S/c1-2-13-18-19-16(23-13)17-15(22)12-8-14(21)20(10-12)9-11-6-4-3-5-7-11/h3-7,12H,2,8-10H2,1H3,(H,17,19,22)/t12-/m1/s1. The number of carbonyl (C=O) groups excluding carboxylic acids is 2. The molecule has 1 atom stereocenters. The second-order valence-corrected chi connectivity index (χ2v) is 6.57. The number of aromatic nitrogens is 2. The zero-order valence-electron chi connectivity index (χ0n) is 12.9. The molecule has 0 aliphatic carbocycles. The third-order valence-electron chi connectivity index (χ3n) is 3.80. The van der Waals surface area contributed by atoms with E-state index in [1.807, 2.05) is 37.3 Å². The topological polar surface area (TPSA) is 75.2 Å². The number of anilines is 1. The van der Waals surface area contributed by atoms with Crippen LogP contribution in [0.4, 0.5) is 5.13 Å². The highest BCUT2D eigenvalue weighted by molar-refractivity contribution is 7.15. The highest BCUT2D eigenvalue weighted by Crippen LogP contribution is 2.23. The lowest BCUT2D eigenvalue weighted by Crippen LogP contribution is -2.28. The SMILES string of the molecule is CCc1nnc(NC(=O)[C@@H]2CC(=O)N(Cc3ccccc3)C2)s1. The second-order valence-electron chi connectivity index (χ2n) is 5.50. The van der Waals surface area contributed by atoms with E-state index in [0.29, 0.717) is 18.2 Å². The van der Waals surface area contributed by atoms with Crippen molar-refractivity contribution in [3.05, 3.63) is 40.9 Å². The smallest absolute Gasteiger partial charge is 0.231 e. The Hall–Kier alpha value is -2.28. The third kappa shape index (κ3) is 3.73. The van der Waals surface area contributed by atoms with Gasteiger partial charge in [0.25, 0.3) is 0 Å². The van der Waals surface area contributed by atoms with Crippen LogP contribution in [0.3, 0.4) is 0 Å². The minimum atomic E-state index is -0.333. The summed E-state index contributed by atoms with van der Waals surface area (Å²) in [6.45, 7) is 2.98. The Kier molecular flexibility index (Phi) is 4.66. The lowest BCUT2D eigenvalue weighted by atomic mass is 10.1. The molecule has 1 aromatic carbocycles. The summed E-state index contributed by atoms with van der Waals surface area (Å²) in [6.07, 6.45) is 1.04. The number of hydrogen-bond donors (Lipinski definition) is 1. The maximum atomic E-state index is 12.3. The fourth-order valence-corrected chi connectivity index (χ4v) is 3.24. The highest BCUT2D eigenvalue weighted by Gasteiger charge is 2.34. The van der Waals surface area contributed by atoms with Crippen LogP contribution in [0, 0.1) is 5.92 Å². The number of likely N-dealkylation sites (tertiary alicyclic amines) is 1. The van der Waals surface area contributed by atoms with Gasteiger partial charge in [-0.15, -0.1) is 10.2 Å². The molecule has 2 aromatic rings. The van der Waals surface area contributed by atoms with Gasteiger partial charge in [0, 0.05) is 19.5 Å². The number of amides is 2. The minimum Gasteiger partial charge on any atom is -0.338 e. The number of carbonyl (C=O) groups is 2. The predicted octanol–water partition coefficient (Wildman–Crippen LogP) is 2.09. The molecule has 1 fully saturated rings. The average Bonchev–Trinajstić information content (AvgIpc) is 3.15. The molecule has 120 valence electrons. The summed E-state index contributed by atoms with van der Waals surface area (Å²) in [5.41, 5.74) is 1.07. The maximum Gasteiger partial charge on any atom is 0.231 e. The van der Waals surface area contributed by atoms with Gasteiger partial charge in [0.1, 0.15) is 5.01 Å². The van der Waals surface area contributed by atoms with Crippen LogP contribution < -0.4 is 5.32 Å². The molecule has 1 aliphatic rings. The first-order chi connectivity index (χ1) is 11.2. The Labute approximate surface area is 138 Å². The number of hydrogen-bond acceptors (Lipinski definition) is 5. The molecule has 0 unspecified atom stereocenters. The Morgan fingerprint density at radius 2 is 2.13 bits per heavy atom. The zero-order chi connectivity index (χ0) is 16.2. The van der Waals surface area contributed by atoms with Gasteiger partial charge in [0.2, 0.25) is 16.9 Å². The van der Waals surface area contributed by atoms with Gasteiger partial charge < -0.3 is 10.2 Å². The summed E-state index contributed by atoms with van der Waals surface area (Å²) in [5.74, 6) is -0.478. The molecule has 1 saturated heterocycles. The second kappa shape index (κ2) is 6.87. The van der Waals surface area contributed by atoms with Crippen molar-refractivity contribution in [2.24, 2.45) is 5.92 Å².